The quantitative estimate of drug-likeness (QED) is 0.451. The van der Waals surface area contributed by atoms with Gasteiger partial charge in [-0.15, -0.1) is 5.10 Å². The summed E-state index contributed by atoms with van der Waals surface area (Å²) in [6.45, 7) is 2.04. The Morgan fingerprint density at radius 1 is 1.42 bits per heavy atom. The first-order valence-electron chi connectivity index (χ1n) is 7.01. The van der Waals surface area contributed by atoms with Crippen molar-refractivity contribution < 1.29 is 14.6 Å². The molecule has 0 spiro atoms. The van der Waals surface area contributed by atoms with Gasteiger partial charge in [0.05, 0.1) is 16.1 Å². The molecule has 0 aliphatic rings. The standard InChI is InChI=1S/C15H15Br2N3O3S/c1-3-4-12-18-15(20-19-12)24-11(14(21)22)7-8-5-9(16)13(23-2)10(17)6-8/h5-7H,3-4H2,1-2H3,(H,21,22)(H,18,19,20)/b11-7-. The van der Waals surface area contributed by atoms with Crippen LogP contribution in [-0.2, 0) is 11.2 Å². The van der Waals surface area contributed by atoms with Crippen molar-refractivity contribution in [3.8, 4) is 5.75 Å². The molecule has 0 amide bonds. The number of carbonyl (C=O) groups is 1. The average Bonchev–Trinajstić information content (AvgIpc) is 2.94. The number of hydrogen-bond donors (Lipinski definition) is 2. The second-order valence-corrected chi connectivity index (χ2v) is 7.47. The van der Waals surface area contributed by atoms with Gasteiger partial charge in [0, 0.05) is 6.42 Å². The molecule has 6 nitrogen and oxygen atoms in total. The molecule has 2 N–H and O–H groups in total. The largest absolute Gasteiger partial charge is 0.494 e. The number of hydrogen-bond acceptors (Lipinski definition) is 5. The van der Waals surface area contributed by atoms with E-state index in [1.807, 2.05) is 6.92 Å². The van der Waals surface area contributed by atoms with Gasteiger partial charge in [-0.3, -0.25) is 5.10 Å². The van der Waals surface area contributed by atoms with Crippen LogP contribution in [0.3, 0.4) is 0 Å². The Kier molecular flexibility index (Phi) is 6.88. The van der Waals surface area contributed by atoms with Crippen LogP contribution in [-0.4, -0.2) is 33.4 Å². The minimum atomic E-state index is -1.04. The molecule has 1 aromatic carbocycles. The van der Waals surface area contributed by atoms with Crippen LogP contribution in [0.15, 0.2) is 31.1 Å². The second kappa shape index (κ2) is 8.68. The molecule has 128 valence electrons. The molecule has 1 heterocycles. The number of aliphatic carboxylic acids is 1. The van der Waals surface area contributed by atoms with Crippen molar-refractivity contribution in [2.45, 2.75) is 24.9 Å². The summed E-state index contributed by atoms with van der Waals surface area (Å²) in [5.41, 5.74) is 0.712. The van der Waals surface area contributed by atoms with Gasteiger partial charge < -0.3 is 9.84 Å². The third-order valence-electron chi connectivity index (χ3n) is 2.93. The number of H-pyrrole nitrogens is 1. The van der Waals surface area contributed by atoms with Crippen molar-refractivity contribution in [2.75, 3.05) is 7.11 Å². The number of nitrogens with one attached hydrogen (secondary N) is 1. The van der Waals surface area contributed by atoms with Crippen molar-refractivity contribution in [1.29, 1.82) is 0 Å². The Bertz CT molecular complexity index is 754. The number of aryl methyl sites for hydroxylation is 1. The summed E-state index contributed by atoms with van der Waals surface area (Å²) >= 11 is 7.81. The molecule has 0 bridgehead atoms. The van der Waals surface area contributed by atoms with E-state index in [0.29, 0.717) is 16.5 Å². The van der Waals surface area contributed by atoms with Crippen molar-refractivity contribution in [1.82, 2.24) is 15.2 Å². The topological polar surface area (TPSA) is 88.1 Å². The summed E-state index contributed by atoms with van der Waals surface area (Å²) in [7, 11) is 1.57. The molecule has 0 saturated carbocycles. The van der Waals surface area contributed by atoms with Crippen molar-refractivity contribution >= 4 is 55.7 Å². The first-order valence-corrected chi connectivity index (χ1v) is 9.42. The average molecular weight is 477 g/mol. The molecule has 24 heavy (non-hydrogen) atoms. The van der Waals surface area contributed by atoms with E-state index < -0.39 is 5.97 Å². The van der Waals surface area contributed by atoms with Gasteiger partial charge in [-0.05, 0) is 73.8 Å². The zero-order chi connectivity index (χ0) is 17.7. The molecule has 0 saturated heterocycles. The Balaban J connectivity index is 2.29. The van der Waals surface area contributed by atoms with Crippen molar-refractivity contribution in [2.24, 2.45) is 0 Å². The highest BCUT2D eigenvalue weighted by Crippen LogP contribution is 2.36. The zero-order valence-corrected chi connectivity index (χ0v) is 17.0. The van der Waals surface area contributed by atoms with Gasteiger partial charge in [0.2, 0.25) is 5.16 Å². The summed E-state index contributed by atoms with van der Waals surface area (Å²) in [6.07, 6.45) is 3.28. The Labute approximate surface area is 160 Å². The fraction of sp³-hybridized carbons (Fsp3) is 0.267. The number of carboxylic acid groups (broad SMARTS) is 1. The molecule has 0 atom stereocenters. The van der Waals surface area contributed by atoms with Crippen LogP contribution < -0.4 is 4.74 Å². The van der Waals surface area contributed by atoms with E-state index in [2.05, 4.69) is 47.0 Å². The van der Waals surface area contributed by atoms with Crippen LogP contribution >= 0.6 is 43.6 Å². The van der Waals surface area contributed by atoms with E-state index in [1.165, 1.54) is 0 Å². The van der Waals surface area contributed by atoms with Crippen LogP contribution in [0.1, 0.15) is 24.7 Å². The maximum Gasteiger partial charge on any atom is 0.342 e. The first kappa shape index (κ1) is 19.0. The van der Waals surface area contributed by atoms with E-state index in [4.69, 9.17) is 4.74 Å². The van der Waals surface area contributed by atoms with Gasteiger partial charge in [-0.1, -0.05) is 6.92 Å². The van der Waals surface area contributed by atoms with Crippen LogP contribution in [0.2, 0.25) is 0 Å². The number of aromatic nitrogens is 3. The van der Waals surface area contributed by atoms with E-state index >= 15 is 0 Å². The number of benzene rings is 1. The van der Waals surface area contributed by atoms with Gasteiger partial charge in [-0.2, -0.15) is 0 Å². The first-order chi connectivity index (χ1) is 11.4. The minimum Gasteiger partial charge on any atom is -0.494 e. The number of rotatable bonds is 7. The van der Waals surface area contributed by atoms with Crippen molar-refractivity contribution in [3.63, 3.8) is 0 Å². The lowest BCUT2D eigenvalue weighted by atomic mass is 10.2. The molecule has 2 aromatic rings. The molecular formula is C15H15Br2N3O3S. The minimum absolute atomic E-state index is 0.126. The third kappa shape index (κ3) is 4.84. The highest BCUT2D eigenvalue weighted by molar-refractivity contribution is 9.11. The Hall–Kier alpha value is -1.32. The molecule has 0 aliphatic heterocycles. The van der Waals surface area contributed by atoms with E-state index in [1.54, 1.807) is 25.3 Å². The zero-order valence-electron chi connectivity index (χ0n) is 13.0. The molecule has 0 aliphatic carbocycles. The van der Waals surface area contributed by atoms with Gasteiger partial charge in [0.25, 0.3) is 0 Å². The number of methoxy groups -OCH3 is 1. The van der Waals surface area contributed by atoms with E-state index in [9.17, 15) is 9.90 Å². The number of aromatic amines is 1. The summed E-state index contributed by atoms with van der Waals surface area (Å²) in [4.78, 5) is 15.9. The van der Waals surface area contributed by atoms with Gasteiger partial charge in [0.15, 0.2) is 0 Å². The molecular weight excluding hydrogens is 462 g/mol. The predicted molar refractivity (Wildman–Crippen MR) is 100 cm³/mol. The van der Waals surface area contributed by atoms with Crippen LogP contribution in [0.4, 0.5) is 0 Å². The monoisotopic (exact) mass is 475 g/mol. The van der Waals surface area contributed by atoms with Crippen molar-refractivity contribution in [3.05, 3.63) is 37.4 Å². The van der Waals surface area contributed by atoms with Crippen LogP contribution in [0, 0.1) is 0 Å². The molecule has 2 rings (SSSR count). The van der Waals surface area contributed by atoms with E-state index in [0.717, 1.165) is 39.4 Å². The Morgan fingerprint density at radius 2 is 2.08 bits per heavy atom. The normalized spacial score (nSPS) is 11.6. The second-order valence-electron chi connectivity index (χ2n) is 4.75. The smallest absolute Gasteiger partial charge is 0.342 e. The third-order valence-corrected chi connectivity index (χ3v) is 4.99. The highest BCUT2D eigenvalue weighted by Gasteiger charge is 2.15. The predicted octanol–water partition coefficient (Wildman–Crippen LogP) is 4.51. The number of ether oxygens (including phenoxy) is 1. The molecule has 9 heteroatoms. The summed E-state index contributed by atoms with van der Waals surface area (Å²) < 4.78 is 6.70. The van der Waals surface area contributed by atoms with E-state index in [-0.39, 0.29) is 4.91 Å². The molecule has 1 aromatic heterocycles. The maximum absolute atomic E-state index is 11.5. The molecule has 0 unspecified atom stereocenters. The van der Waals surface area contributed by atoms with Gasteiger partial charge in [-0.25, -0.2) is 9.78 Å². The lowest BCUT2D eigenvalue weighted by Crippen LogP contribution is -1.97. The SMILES string of the molecule is CCCc1nc(S/C(=C\c2cc(Br)c(OC)c(Br)c2)C(=O)O)n[nH]1. The van der Waals surface area contributed by atoms with Gasteiger partial charge >= 0.3 is 5.97 Å². The van der Waals surface area contributed by atoms with Crippen LogP contribution in [0.5, 0.6) is 5.75 Å². The number of carboxylic acids is 1. The number of thioether (sulfide) groups is 1. The molecule has 0 fully saturated rings. The van der Waals surface area contributed by atoms with Gasteiger partial charge in [0.1, 0.15) is 16.5 Å². The summed E-state index contributed by atoms with van der Waals surface area (Å²) in [5, 5.41) is 16.7. The summed E-state index contributed by atoms with van der Waals surface area (Å²) in [5.74, 6) is 0.361. The summed E-state index contributed by atoms with van der Waals surface area (Å²) in [6, 6.07) is 3.57. The fourth-order valence-electron chi connectivity index (χ4n) is 1.91. The molecule has 0 radical (unpaired) electrons. The number of nitrogens with zero attached hydrogens (tertiary/aromatic N) is 2. The fourth-order valence-corrected chi connectivity index (χ4v) is 4.19. The lowest BCUT2D eigenvalue weighted by molar-refractivity contribution is -0.131. The maximum atomic E-state index is 11.5. The lowest BCUT2D eigenvalue weighted by Gasteiger charge is -2.07. The van der Waals surface area contributed by atoms with Crippen LogP contribution in [0.25, 0.3) is 6.08 Å². The number of halogens is 2. The highest BCUT2D eigenvalue weighted by atomic mass is 79.9. The Morgan fingerprint density at radius 3 is 2.62 bits per heavy atom.